The molecule has 0 fully saturated rings. The number of carbonyl (C=O) groups is 1. The van der Waals surface area contributed by atoms with Gasteiger partial charge < -0.3 is 15.5 Å². The second kappa shape index (κ2) is 5.25. The third kappa shape index (κ3) is 2.42. The number of nitriles is 1. The standard InChI is InChI=1S/C20H19N3O2/c1-20(2)8-15(24)18-16(9-20)25-19(22)12(10-21)17(18)14-7-11-5-3-4-6-13(11)23-14/h3-7,17,23H,8-9,22H2,1-2H3. The van der Waals surface area contributed by atoms with Gasteiger partial charge in [-0.25, -0.2) is 0 Å². The number of ketones is 1. The molecule has 1 aliphatic heterocycles. The van der Waals surface area contributed by atoms with Crippen LogP contribution < -0.4 is 5.73 Å². The van der Waals surface area contributed by atoms with Crippen LogP contribution in [0.3, 0.4) is 0 Å². The monoisotopic (exact) mass is 333 g/mol. The summed E-state index contributed by atoms with van der Waals surface area (Å²) in [5.74, 6) is 0.219. The quantitative estimate of drug-likeness (QED) is 0.833. The molecule has 1 unspecified atom stereocenters. The lowest BCUT2D eigenvalue weighted by molar-refractivity contribution is -0.119. The highest BCUT2D eigenvalue weighted by atomic mass is 16.5. The zero-order chi connectivity index (χ0) is 17.8. The molecular formula is C20H19N3O2. The van der Waals surface area contributed by atoms with Crippen LogP contribution in [0.25, 0.3) is 10.9 Å². The van der Waals surface area contributed by atoms with E-state index in [1.54, 1.807) is 0 Å². The number of aromatic amines is 1. The van der Waals surface area contributed by atoms with Gasteiger partial charge in [0.05, 0.1) is 5.92 Å². The van der Waals surface area contributed by atoms with E-state index in [9.17, 15) is 10.1 Å². The van der Waals surface area contributed by atoms with E-state index in [2.05, 4.69) is 11.1 Å². The molecule has 5 nitrogen and oxygen atoms in total. The molecule has 5 heteroatoms. The van der Waals surface area contributed by atoms with E-state index in [0.717, 1.165) is 16.6 Å². The van der Waals surface area contributed by atoms with Crippen molar-refractivity contribution in [1.29, 1.82) is 5.26 Å². The number of Topliss-reactive ketones (excluding diaryl/α,β-unsaturated/α-hetero) is 1. The van der Waals surface area contributed by atoms with Crippen LogP contribution in [0, 0.1) is 16.7 Å². The summed E-state index contributed by atoms with van der Waals surface area (Å²) in [6.45, 7) is 4.07. The zero-order valence-electron chi connectivity index (χ0n) is 14.2. The Morgan fingerprint density at radius 3 is 2.80 bits per heavy atom. The molecule has 3 N–H and O–H groups in total. The first-order valence-electron chi connectivity index (χ1n) is 8.31. The number of fused-ring (bicyclic) bond motifs is 1. The van der Waals surface area contributed by atoms with Crippen molar-refractivity contribution in [2.75, 3.05) is 0 Å². The molecule has 4 rings (SSSR count). The van der Waals surface area contributed by atoms with Gasteiger partial charge in [0, 0.05) is 29.6 Å². The lowest BCUT2D eigenvalue weighted by Crippen LogP contribution is -2.33. The van der Waals surface area contributed by atoms with Crippen LogP contribution in [-0.2, 0) is 9.53 Å². The molecule has 2 aliphatic rings. The van der Waals surface area contributed by atoms with Gasteiger partial charge in [0.15, 0.2) is 5.78 Å². The van der Waals surface area contributed by atoms with Gasteiger partial charge in [-0.05, 0) is 22.9 Å². The summed E-state index contributed by atoms with van der Waals surface area (Å²) in [4.78, 5) is 16.2. The van der Waals surface area contributed by atoms with Gasteiger partial charge >= 0.3 is 0 Å². The molecule has 0 radical (unpaired) electrons. The largest absolute Gasteiger partial charge is 0.444 e. The van der Waals surface area contributed by atoms with Crippen LogP contribution in [0.15, 0.2) is 53.1 Å². The van der Waals surface area contributed by atoms with Crippen LogP contribution in [-0.4, -0.2) is 10.8 Å². The van der Waals surface area contributed by atoms with Gasteiger partial charge in [0.2, 0.25) is 5.88 Å². The molecule has 1 atom stereocenters. The van der Waals surface area contributed by atoms with Gasteiger partial charge in [-0.15, -0.1) is 0 Å². The normalized spacial score (nSPS) is 22.6. The third-order valence-electron chi connectivity index (χ3n) is 4.94. The van der Waals surface area contributed by atoms with E-state index >= 15 is 0 Å². The molecule has 2 aromatic rings. The maximum atomic E-state index is 12.9. The van der Waals surface area contributed by atoms with E-state index in [4.69, 9.17) is 10.5 Å². The summed E-state index contributed by atoms with van der Waals surface area (Å²) in [6.07, 6.45) is 1.06. The van der Waals surface area contributed by atoms with Gasteiger partial charge in [-0.2, -0.15) is 5.26 Å². The Bertz CT molecular complexity index is 968. The predicted octanol–water partition coefficient (Wildman–Crippen LogP) is 3.62. The number of benzene rings is 1. The Balaban J connectivity index is 1.92. The van der Waals surface area contributed by atoms with E-state index in [1.165, 1.54) is 0 Å². The van der Waals surface area contributed by atoms with E-state index in [-0.39, 0.29) is 17.1 Å². The molecule has 2 heterocycles. The molecule has 1 aliphatic carbocycles. The molecule has 0 saturated heterocycles. The second-order valence-electron chi connectivity index (χ2n) is 7.51. The van der Waals surface area contributed by atoms with Crippen LogP contribution >= 0.6 is 0 Å². The summed E-state index contributed by atoms with van der Waals surface area (Å²) in [5, 5.41) is 10.7. The molecule has 1 aromatic carbocycles. The maximum absolute atomic E-state index is 12.9. The first-order valence-corrected chi connectivity index (χ1v) is 8.31. The summed E-state index contributed by atoms with van der Waals surface area (Å²) >= 11 is 0. The lowest BCUT2D eigenvalue weighted by atomic mass is 9.71. The number of para-hydroxylation sites is 1. The lowest BCUT2D eigenvalue weighted by Gasteiger charge is -2.36. The molecule has 126 valence electrons. The number of rotatable bonds is 1. The molecule has 0 saturated carbocycles. The van der Waals surface area contributed by atoms with Crippen molar-refractivity contribution in [3.05, 3.63) is 58.8 Å². The van der Waals surface area contributed by atoms with Crippen LogP contribution in [0.2, 0.25) is 0 Å². The highest BCUT2D eigenvalue weighted by Gasteiger charge is 2.43. The SMILES string of the molecule is CC1(C)CC(=O)C2=C(C1)OC(N)=C(C#N)C2c1cc2ccccc2[nH]1. The van der Waals surface area contributed by atoms with Crippen LogP contribution in [0.1, 0.15) is 38.3 Å². The van der Waals surface area contributed by atoms with Crippen molar-refractivity contribution in [1.82, 2.24) is 4.98 Å². The minimum atomic E-state index is -0.496. The number of H-pyrrole nitrogens is 1. The van der Waals surface area contributed by atoms with Gasteiger partial charge in [0.1, 0.15) is 17.4 Å². The smallest absolute Gasteiger partial charge is 0.205 e. The first-order chi connectivity index (χ1) is 11.9. The number of allylic oxidation sites excluding steroid dienone is 3. The summed E-state index contributed by atoms with van der Waals surface area (Å²) in [5.41, 5.74) is 8.47. The van der Waals surface area contributed by atoms with E-state index < -0.39 is 5.92 Å². The van der Waals surface area contributed by atoms with Crippen molar-refractivity contribution in [2.45, 2.75) is 32.6 Å². The average Bonchev–Trinajstić information content (AvgIpc) is 2.96. The first kappa shape index (κ1) is 15.5. The van der Waals surface area contributed by atoms with Gasteiger partial charge in [-0.1, -0.05) is 32.0 Å². The number of hydrogen-bond donors (Lipinski definition) is 2. The Hall–Kier alpha value is -3.00. The van der Waals surface area contributed by atoms with Gasteiger partial charge in [-0.3, -0.25) is 4.79 Å². The molecule has 0 bridgehead atoms. The van der Waals surface area contributed by atoms with Gasteiger partial charge in [0.25, 0.3) is 0 Å². The Morgan fingerprint density at radius 1 is 1.32 bits per heavy atom. The number of nitrogens with one attached hydrogen (secondary N) is 1. The van der Waals surface area contributed by atoms with Crippen molar-refractivity contribution >= 4 is 16.7 Å². The van der Waals surface area contributed by atoms with E-state index in [1.807, 2.05) is 44.2 Å². The summed E-state index contributed by atoms with van der Waals surface area (Å²) in [6, 6.07) is 12.0. The molecule has 25 heavy (non-hydrogen) atoms. The zero-order valence-corrected chi connectivity index (χ0v) is 14.2. The van der Waals surface area contributed by atoms with Crippen molar-refractivity contribution in [2.24, 2.45) is 11.1 Å². The Morgan fingerprint density at radius 2 is 2.08 bits per heavy atom. The number of hydrogen-bond acceptors (Lipinski definition) is 4. The number of nitrogens with zero attached hydrogens (tertiary/aromatic N) is 1. The second-order valence-corrected chi connectivity index (χ2v) is 7.51. The third-order valence-corrected chi connectivity index (χ3v) is 4.94. The van der Waals surface area contributed by atoms with E-state index in [0.29, 0.717) is 29.7 Å². The number of aromatic nitrogens is 1. The molecule has 0 spiro atoms. The summed E-state index contributed by atoms with van der Waals surface area (Å²) < 4.78 is 5.71. The minimum Gasteiger partial charge on any atom is -0.444 e. The fourth-order valence-electron chi connectivity index (χ4n) is 3.85. The number of nitrogens with two attached hydrogens (primary N) is 1. The summed E-state index contributed by atoms with van der Waals surface area (Å²) in [7, 11) is 0. The molecule has 0 amide bonds. The minimum absolute atomic E-state index is 0.0233. The highest BCUT2D eigenvalue weighted by molar-refractivity contribution is 6.00. The number of carbonyl (C=O) groups excluding carboxylic acids is 1. The maximum Gasteiger partial charge on any atom is 0.205 e. The average molecular weight is 333 g/mol. The fraction of sp³-hybridized carbons (Fsp3) is 0.300. The Labute approximate surface area is 145 Å². The molecule has 1 aromatic heterocycles. The topological polar surface area (TPSA) is 91.9 Å². The van der Waals surface area contributed by atoms with Crippen LogP contribution in [0.4, 0.5) is 0 Å². The highest BCUT2D eigenvalue weighted by Crippen LogP contribution is 2.47. The van der Waals surface area contributed by atoms with Crippen molar-refractivity contribution in [3.8, 4) is 6.07 Å². The fourth-order valence-corrected chi connectivity index (χ4v) is 3.85. The van der Waals surface area contributed by atoms with Crippen molar-refractivity contribution in [3.63, 3.8) is 0 Å². The predicted molar refractivity (Wildman–Crippen MR) is 94.0 cm³/mol. The molecular weight excluding hydrogens is 314 g/mol. The number of ether oxygens (including phenoxy) is 1. The Kier molecular flexibility index (Phi) is 3.26. The van der Waals surface area contributed by atoms with Crippen molar-refractivity contribution < 1.29 is 9.53 Å². The van der Waals surface area contributed by atoms with Crippen LogP contribution in [0.5, 0.6) is 0 Å².